The van der Waals surface area contributed by atoms with Crippen LogP contribution in [0, 0.1) is 0 Å². The third kappa shape index (κ3) is 7.11. The second kappa shape index (κ2) is 11.7. The molecule has 0 aliphatic carbocycles. The molecule has 1 unspecified atom stereocenters. The Balaban J connectivity index is 1.56. The van der Waals surface area contributed by atoms with Crippen LogP contribution in [0.5, 0.6) is 5.75 Å². The molecule has 3 aromatic carbocycles. The predicted octanol–water partition coefficient (Wildman–Crippen LogP) is 4.61. The van der Waals surface area contributed by atoms with E-state index in [1.54, 1.807) is 61.5 Å². The first-order chi connectivity index (χ1) is 16.0. The highest BCUT2D eigenvalue weighted by Gasteiger charge is 2.18. The number of amides is 2. The fourth-order valence-corrected chi connectivity index (χ4v) is 3.81. The largest absolute Gasteiger partial charge is 0.484 e. The molecule has 0 bridgehead atoms. The lowest BCUT2D eigenvalue weighted by atomic mass is 10.2. The minimum atomic E-state index is -0.522. The van der Waals surface area contributed by atoms with Crippen LogP contribution in [-0.2, 0) is 14.3 Å². The van der Waals surface area contributed by atoms with Crippen LogP contribution < -0.4 is 15.4 Å². The lowest BCUT2D eigenvalue weighted by Crippen LogP contribution is -2.23. The fraction of sp³-hybridized carbons (Fsp3) is 0.160. The molecule has 33 heavy (non-hydrogen) atoms. The van der Waals surface area contributed by atoms with Crippen molar-refractivity contribution in [1.82, 2.24) is 0 Å². The Morgan fingerprint density at radius 1 is 0.909 bits per heavy atom. The van der Waals surface area contributed by atoms with Crippen molar-refractivity contribution in [2.45, 2.75) is 17.1 Å². The summed E-state index contributed by atoms with van der Waals surface area (Å²) < 4.78 is 10.2. The van der Waals surface area contributed by atoms with Gasteiger partial charge in [-0.2, -0.15) is 0 Å². The summed E-state index contributed by atoms with van der Waals surface area (Å²) in [7, 11) is 1.29. The second-order valence-electron chi connectivity index (χ2n) is 6.96. The van der Waals surface area contributed by atoms with Crippen LogP contribution in [0.4, 0.5) is 11.4 Å². The van der Waals surface area contributed by atoms with Crippen molar-refractivity contribution in [3.8, 4) is 5.75 Å². The summed E-state index contributed by atoms with van der Waals surface area (Å²) in [6, 6.07) is 23.0. The van der Waals surface area contributed by atoms with Crippen molar-refractivity contribution in [2.24, 2.45) is 0 Å². The maximum atomic E-state index is 12.7. The van der Waals surface area contributed by atoms with Crippen LogP contribution in [0.3, 0.4) is 0 Å². The minimum Gasteiger partial charge on any atom is -0.484 e. The van der Waals surface area contributed by atoms with Crippen LogP contribution in [0.25, 0.3) is 0 Å². The topological polar surface area (TPSA) is 93.7 Å². The Morgan fingerprint density at radius 2 is 1.64 bits per heavy atom. The van der Waals surface area contributed by atoms with Crippen LogP contribution in [0.15, 0.2) is 83.8 Å². The highest BCUT2D eigenvalue weighted by Crippen LogP contribution is 2.27. The Morgan fingerprint density at radius 3 is 2.39 bits per heavy atom. The van der Waals surface area contributed by atoms with Gasteiger partial charge in [0, 0.05) is 10.6 Å². The van der Waals surface area contributed by atoms with Crippen molar-refractivity contribution in [1.29, 1.82) is 0 Å². The van der Waals surface area contributed by atoms with E-state index in [1.807, 2.05) is 24.3 Å². The number of hydrogen-bond acceptors (Lipinski definition) is 6. The molecule has 0 aliphatic rings. The molecule has 0 heterocycles. The van der Waals surface area contributed by atoms with E-state index in [2.05, 4.69) is 10.6 Å². The van der Waals surface area contributed by atoms with Gasteiger partial charge < -0.3 is 20.1 Å². The maximum absolute atomic E-state index is 12.7. The number of esters is 1. The van der Waals surface area contributed by atoms with E-state index in [9.17, 15) is 14.4 Å². The Bertz CT molecular complexity index is 1120. The van der Waals surface area contributed by atoms with Crippen LogP contribution in [-0.4, -0.2) is 36.8 Å². The number of para-hydroxylation sites is 2. The normalized spacial score (nSPS) is 11.2. The monoisotopic (exact) mass is 464 g/mol. The number of anilines is 2. The first-order valence-electron chi connectivity index (χ1n) is 10.2. The van der Waals surface area contributed by atoms with Gasteiger partial charge in [-0.15, -0.1) is 11.8 Å². The van der Waals surface area contributed by atoms with Gasteiger partial charge in [-0.25, -0.2) is 4.79 Å². The van der Waals surface area contributed by atoms with E-state index in [-0.39, 0.29) is 24.0 Å². The van der Waals surface area contributed by atoms with Gasteiger partial charge in [-0.3, -0.25) is 9.59 Å². The van der Waals surface area contributed by atoms with E-state index in [1.165, 1.54) is 18.9 Å². The van der Waals surface area contributed by atoms with Crippen molar-refractivity contribution < 1.29 is 23.9 Å². The zero-order chi connectivity index (χ0) is 23.6. The van der Waals surface area contributed by atoms with Gasteiger partial charge in [-0.1, -0.05) is 36.4 Å². The molecular formula is C25H24N2O5S. The van der Waals surface area contributed by atoms with Crippen molar-refractivity contribution in [3.05, 3.63) is 84.4 Å². The third-order valence-corrected chi connectivity index (χ3v) is 5.60. The molecule has 0 aromatic heterocycles. The summed E-state index contributed by atoms with van der Waals surface area (Å²) in [5, 5.41) is 5.11. The molecule has 2 N–H and O–H groups in total. The van der Waals surface area contributed by atoms with Gasteiger partial charge in [0.25, 0.3) is 5.91 Å². The molecule has 3 rings (SSSR count). The Labute approximate surface area is 196 Å². The summed E-state index contributed by atoms with van der Waals surface area (Å²) in [6.07, 6.45) is 0. The highest BCUT2D eigenvalue weighted by molar-refractivity contribution is 8.00. The number of methoxy groups -OCH3 is 1. The van der Waals surface area contributed by atoms with E-state index in [4.69, 9.17) is 9.47 Å². The predicted molar refractivity (Wildman–Crippen MR) is 129 cm³/mol. The van der Waals surface area contributed by atoms with Gasteiger partial charge in [-0.05, 0) is 49.4 Å². The summed E-state index contributed by atoms with van der Waals surface area (Å²) >= 11 is 1.33. The molecule has 3 aromatic rings. The molecule has 0 aliphatic heterocycles. The summed E-state index contributed by atoms with van der Waals surface area (Å²) in [6.45, 7) is 1.65. The number of hydrogen-bond donors (Lipinski definition) is 2. The molecule has 0 fully saturated rings. The summed E-state index contributed by atoms with van der Waals surface area (Å²) in [5.41, 5.74) is 1.28. The molecule has 1 atom stereocenters. The smallest absolute Gasteiger partial charge is 0.339 e. The standard InChI is InChI=1S/C25H24N2O5S/c1-17(24(29)27-22-14-7-6-13-21(22)25(30)31-2)33-20-12-8-9-18(15-20)26-23(28)16-32-19-10-4-3-5-11-19/h3-15,17H,16H2,1-2H3,(H,26,28)(H,27,29). The van der Waals surface area contributed by atoms with Crippen molar-refractivity contribution >= 4 is 40.9 Å². The fourth-order valence-electron chi connectivity index (χ4n) is 2.88. The Kier molecular flexibility index (Phi) is 8.49. The lowest BCUT2D eigenvalue weighted by Gasteiger charge is -2.14. The number of benzene rings is 3. The molecule has 7 nitrogen and oxygen atoms in total. The zero-order valence-corrected chi connectivity index (χ0v) is 19.1. The number of ether oxygens (including phenoxy) is 2. The van der Waals surface area contributed by atoms with Crippen molar-refractivity contribution in [3.63, 3.8) is 0 Å². The highest BCUT2D eigenvalue weighted by atomic mass is 32.2. The lowest BCUT2D eigenvalue weighted by molar-refractivity contribution is -0.118. The van der Waals surface area contributed by atoms with E-state index in [0.717, 1.165) is 4.90 Å². The quantitative estimate of drug-likeness (QED) is 0.355. The first-order valence-corrected chi connectivity index (χ1v) is 11.1. The number of thioether (sulfide) groups is 1. The molecule has 8 heteroatoms. The summed E-state index contributed by atoms with van der Waals surface area (Å²) in [5.74, 6) is -0.454. The molecule has 0 radical (unpaired) electrons. The SMILES string of the molecule is COC(=O)c1ccccc1NC(=O)C(C)Sc1cccc(NC(=O)COc2ccccc2)c1. The molecule has 0 saturated carbocycles. The number of carbonyl (C=O) groups excluding carboxylic acids is 3. The van der Waals surface area contributed by atoms with E-state index >= 15 is 0 Å². The van der Waals surface area contributed by atoms with Crippen LogP contribution in [0.1, 0.15) is 17.3 Å². The van der Waals surface area contributed by atoms with Gasteiger partial charge in [0.15, 0.2) is 6.61 Å². The Hall–Kier alpha value is -3.78. The van der Waals surface area contributed by atoms with Gasteiger partial charge >= 0.3 is 5.97 Å². The number of carbonyl (C=O) groups is 3. The van der Waals surface area contributed by atoms with Crippen LogP contribution in [0.2, 0.25) is 0 Å². The van der Waals surface area contributed by atoms with Gasteiger partial charge in [0.1, 0.15) is 5.75 Å². The van der Waals surface area contributed by atoms with E-state index < -0.39 is 11.2 Å². The van der Waals surface area contributed by atoms with Gasteiger partial charge in [0.05, 0.1) is 23.6 Å². The number of rotatable bonds is 9. The molecular weight excluding hydrogens is 440 g/mol. The van der Waals surface area contributed by atoms with Gasteiger partial charge in [0.2, 0.25) is 5.91 Å². The average molecular weight is 465 g/mol. The van der Waals surface area contributed by atoms with E-state index in [0.29, 0.717) is 17.1 Å². The maximum Gasteiger partial charge on any atom is 0.339 e. The zero-order valence-electron chi connectivity index (χ0n) is 18.2. The molecule has 170 valence electrons. The third-order valence-electron chi connectivity index (χ3n) is 4.50. The minimum absolute atomic E-state index is 0.111. The van der Waals surface area contributed by atoms with Crippen LogP contribution >= 0.6 is 11.8 Å². The molecule has 0 saturated heterocycles. The first kappa shape index (κ1) is 23.9. The number of nitrogens with one attached hydrogen (secondary N) is 2. The second-order valence-corrected chi connectivity index (χ2v) is 8.38. The molecule has 2 amide bonds. The van der Waals surface area contributed by atoms with Crippen molar-refractivity contribution in [2.75, 3.05) is 24.4 Å². The average Bonchev–Trinajstić information content (AvgIpc) is 2.83. The molecule has 0 spiro atoms. The summed E-state index contributed by atoms with van der Waals surface area (Å²) in [4.78, 5) is 37.6.